The third-order valence-electron chi connectivity index (χ3n) is 5.08. The third-order valence-corrected chi connectivity index (χ3v) is 6.19. The first-order valence-corrected chi connectivity index (χ1v) is 9.39. The summed E-state index contributed by atoms with van der Waals surface area (Å²) in [5.41, 5.74) is 9.61. The van der Waals surface area contributed by atoms with E-state index in [1.54, 1.807) is 0 Å². The molecule has 0 amide bonds. The molecule has 0 spiro atoms. The highest BCUT2D eigenvalue weighted by atomic mass is 32.1. The van der Waals surface area contributed by atoms with Gasteiger partial charge in [0.15, 0.2) is 0 Å². The number of pyridine rings is 1. The van der Waals surface area contributed by atoms with Crippen LogP contribution in [0.1, 0.15) is 46.3 Å². The van der Waals surface area contributed by atoms with Crippen LogP contribution in [0.4, 0.5) is 10.1 Å². The van der Waals surface area contributed by atoms with Crippen molar-refractivity contribution in [1.82, 2.24) is 4.98 Å². The van der Waals surface area contributed by atoms with Crippen LogP contribution in [0.2, 0.25) is 0 Å². The van der Waals surface area contributed by atoms with Gasteiger partial charge < -0.3 is 5.73 Å². The first kappa shape index (κ1) is 16.2. The molecule has 3 nitrogen and oxygen atoms in total. The average molecular weight is 354 g/mol. The Hall–Kier alpha value is -2.27. The summed E-state index contributed by atoms with van der Waals surface area (Å²) in [6, 6.07) is 7.68. The van der Waals surface area contributed by atoms with Crippen molar-refractivity contribution < 1.29 is 9.18 Å². The van der Waals surface area contributed by atoms with Crippen molar-refractivity contribution in [2.45, 2.75) is 32.6 Å². The fraction of sp³-hybridized carbons (Fsp3) is 0.300. The second-order valence-electron chi connectivity index (χ2n) is 6.64. The van der Waals surface area contributed by atoms with Crippen molar-refractivity contribution in [2.75, 3.05) is 5.73 Å². The van der Waals surface area contributed by atoms with E-state index in [2.05, 4.69) is 13.0 Å². The maximum Gasteiger partial charge on any atom is 0.205 e. The number of hydrogen-bond donors (Lipinski definition) is 1. The van der Waals surface area contributed by atoms with Crippen LogP contribution in [-0.2, 0) is 12.8 Å². The highest BCUT2D eigenvalue weighted by molar-refractivity contribution is 7.21. The molecule has 1 atom stereocenters. The number of aromatic nitrogens is 1. The fourth-order valence-electron chi connectivity index (χ4n) is 3.52. The number of carbonyl (C=O) groups is 1. The molecule has 25 heavy (non-hydrogen) atoms. The van der Waals surface area contributed by atoms with Gasteiger partial charge in [-0.1, -0.05) is 13.3 Å². The Morgan fingerprint density at radius 2 is 2.12 bits per heavy atom. The molecule has 0 radical (unpaired) electrons. The SMILES string of the molecule is CCC1CCc2nc3sc(C(=O)c4ccc(F)cc4)c(N)c3cc2C1. The van der Waals surface area contributed by atoms with Crippen LogP contribution in [0.25, 0.3) is 10.2 Å². The van der Waals surface area contributed by atoms with E-state index in [1.165, 1.54) is 54.0 Å². The van der Waals surface area contributed by atoms with Gasteiger partial charge in [0.05, 0.1) is 5.69 Å². The van der Waals surface area contributed by atoms with Crippen LogP contribution < -0.4 is 5.73 Å². The standard InChI is InChI=1S/C20H19FN2OS/c1-2-11-3-8-16-13(9-11)10-15-17(22)19(25-20(15)23-16)18(24)12-4-6-14(21)7-5-12/h4-7,10-11H,2-3,8-9,22H2,1H3. The van der Waals surface area contributed by atoms with Crippen LogP contribution in [0.15, 0.2) is 30.3 Å². The number of nitrogens with zero attached hydrogens (tertiary/aromatic N) is 1. The molecule has 1 aliphatic rings. The molecular weight excluding hydrogens is 335 g/mol. The number of anilines is 1. The van der Waals surface area contributed by atoms with Crippen LogP contribution >= 0.6 is 11.3 Å². The number of rotatable bonds is 3. The van der Waals surface area contributed by atoms with E-state index in [-0.39, 0.29) is 11.6 Å². The van der Waals surface area contributed by atoms with Gasteiger partial charge in [-0.15, -0.1) is 11.3 Å². The number of aryl methyl sites for hydroxylation is 1. The molecule has 0 saturated heterocycles. The molecule has 5 heteroatoms. The Labute approximate surface area is 149 Å². The third kappa shape index (κ3) is 2.82. The van der Waals surface area contributed by atoms with Gasteiger partial charge in [0.25, 0.3) is 0 Å². The average Bonchev–Trinajstić information content (AvgIpc) is 2.95. The first-order chi connectivity index (χ1) is 12.1. The summed E-state index contributed by atoms with van der Waals surface area (Å²) in [7, 11) is 0. The van der Waals surface area contributed by atoms with Gasteiger partial charge in [-0.05, 0) is 61.1 Å². The number of carbonyl (C=O) groups excluding carboxylic acids is 1. The lowest BCUT2D eigenvalue weighted by Gasteiger charge is -2.22. The number of halogens is 1. The highest BCUT2D eigenvalue weighted by Crippen LogP contribution is 2.37. The molecule has 2 aromatic heterocycles. The maximum absolute atomic E-state index is 13.1. The summed E-state index contributed by atoms with van der Waals surface area (Å²) in [5.74, 6) is 0.164. The Bertz CT molecular complexity index is 962. The van der Waals surface area contributed by atoms with Gasteiger partial charge in [-0.2, -0.15) is 0 Å². The molecule has 1 unspecified atom stereocenters. The van der Waals surface area contributed by atoms with E-state index < -0.39 is 0 Å². The van der Waals surface area contributed by atoms with Gasteiger partial charge in [0.2, 0.25) is 5.78 Å². The summed E-state index contributed by atoms with van der Waals surface area (Å²) in [4.78, 5) is 18.8. The van der Waals surface area contributed by atoms with E-state index in [1.807, 2.05) is 0 Å². The van der Waals surface area contributed by atoms with Gasteiger partial charge in [0, 0.05) is 16.6 Å². The molecule has 2 N–H and O–H groups in total. The number of nitrogen functional groups attached to an aromatic ring is 1. The fourth-order valence-corrected chi connectivity index (χ4v) is 4.57. The minimum absolute atomic E-state index is 0.176. The lowest BCUT2D eigenvalue weighted by atomic mass is 9.85. The van der Waals surface area contributed by atoms with E-state index in [0.717, 1.165) is 28.8 Å². The Balaban J connectivity index is 1.77. The summed E-state index contributed by atoms with van der Waals surface area (Å²) >= 11 is 1.33. The molecular formula is C20H19FN2OS. The summed E-state index contributed by atoms with van der Waals surface area (Å²) in [6.45, 7) is 2.22. The van der Waals surface area contributed by atoms with Crippen molar-refractivity contribution in [2.24, 2.45) is 5.92 Å². The molecule has 1 aliphatic carbocycles. The largest absolute Gasteiger partial charge is 0.397 e. The summed E-state index contributed by atoms with van der Waals surface area (Å²) < 4.78 is 13.1. The first-order valence-electron chi connectivity index (χ1n) is 8.57. The molecule has 0 fully saturated rings. The normalized spacial score (nSPS) is 16.8. The van der Waals surface area contributed by atoms with Crippen molar-refractivity contribution in [1.29, 1.82) is 0 Å². The lowest BCUT2D eigenvalue weighted by molar-refractivity contribution is 0.104. The van der Waals surface area contributed by atoms with E-state index in [9.17, 15) is 9.18 Å². The minimum Gasteiger partial charge on any atom is -0.397 e. The van der Waals surface area contributed by atoms with E-state index in [4.69, 9.17) is 10.7 Å². The predicted octanol–water partition coefficient (Wildman–Crippen LogP) is 4.76. The highest BCUT2D eigenvalue weighted by Gasteiger charge is 2.23. The molecule has 128 valence electrons. The Morgan fingerprint density at radius 1 is 1.36 bits per heavy atom. The zero-order valence-electron chi connectivity index (χ0n) is 14.0. The van der Waals surface area contributed by atoms with Crippen molar-refractivity contribution in [3.63, 3.8) is 0 Å². The number of hydrogen-bond acceptors (Lipinski definition) is 4. The minimum atomic E-state index is -0.360. The second kappa shape index (κ2) is 6.23. The van der Waals surface area contributed by atoms with Crippen LogP contribution in [0.5, 0.6) is 0 Å². The molecule has 2 heterocycles. The number of ketones is 1. The second-order valence-corrected chi connectivity index (χ2v) is 7.64. The molecule has 0 bridgehead atoms. The lowest BCUT2D eigenvalue weighted by Crippen LogP contribution is -2.14. The van der Waals surface area contributed by atoms with E-state index in [0.29, 0.717) is 22.0 Å². The Kier molecular flexibility index (Phi) is 4.04. The van der Waals surface area contributed by atoms with Gasteiger partial charge in [0.1, 0.15) is 15.5 Å². The van der Waals surface area contributed by atoms with E-state index >= 15 is 0 Å². The van der Waals surface area contributed by atoms with Gasteiger partial charge in [-0.3, -0.25) is 4.79 Å². The van der Waals surface area contributed by atoms with Gasteiger partial charge in [-0.25, -0.2) is 9.37 Å². The predicted molar refractivity (Wildman–Crippen MR) is 99.7 cm³/mol. The summed E-state index contributed by atoms with van der Waals surface area (Å²) in [6.07, 6.45) is 4.36. The smallest absolute Gasteiger partial charge is 0.205 e. The van der Waals surface area contributed by atoms with Crippen LogP contribution in [-0.4, -0.2) is 10.8 Å². The summed E-state index contributed by atoms with van der Waals surface area (Å²) in [5, 5.41) is 0.867. The van der Waals surface area contributed by atoms with Crippen molar-refractivity contribution >= 4 is 33.0 Å². The Morgan fingerprint density at radius 3 is 2.84 bits per heavy atom. The molecule has 3 aromatic rings. The molecule has 0 saturated carbocycles. The number of thiophene rings is 1. The zero-order chi connectivity index (χ0) is 17.6. The van der Waals surface area contributed by atoms with Crippen molar-refractivity contribution in [3.05, 3.63) is 57.8 Å². The number of fused-ring (bicyclic) bond motifs is 2. The number of nitrogens with two attached hydrogens (primary N) is 1. The van der Waals surface area contributed by atoms with Crippen molar-refractivity contribution in [3.8, 4) is 0 Å². The maximum atomic E-state index is 13.1. The number of benzene rings is 1. The quantitative estimate of drug-likeness (QED) is 0.690. The molecule has 1 aromatic carbocycles. The molecule has 4 rings (SSSR count). The molecule has 0 aliphatic heterocycles. The van der Waals surface area contributed by atoms with Gasteiger partial charge >= 0.3 is 0 Å². The van der Waals surface area contributed by atoms with Crippen LogP contribution in [0, 0.1) is 11.7 Å². The van der Waals surface area contributed by atoms with Crippen LogP contribution in [0.3, 0.4) is 0 Å². The zero-order valence-corrected chi connectivity index (χ0v) is 14.8. The topological polar surface area (TPSA) is 56.0 Å². The monoisotopic (exact) mass is 354 g/mol.